The average molecular weight is 337 g/mol. The van der Waals surface area contributed by atoms with Crippen LogP contribution in [0.15, 0.2) is 18.2 Å². The molecule has 0 amide bonds. The fourth-order valence-corrected chi connectivity index (χ4v) is 2.95. The molecular formula is C18H27NO3S. The molecule has 0 aliphatic carbocycles. The number of carbonyl (C=O) groups is 1. The van der Waals surface area contributed by atoms with Crippen molar-refractivity contribution >= 4 is 18.4 Å². The zero-order valence-electron chi connectivity index (χ0n) is 14.3. The molecule has 0 bridgehead atoms. The second-order valence-corrected chi connectivity index (χ2v) is 6.84. The molecule has 4 nitrogen and oxygen atoms in total. The largest absolute Gasteiger partial charge is 0.493 e. The van der Waals surface area contributed by atoms with Gasteiger partial charge in [0.1, 0.15) is 5.75 Å². The first-order chi connectivity index (χ1) is 11.0. The molecular weight excluding hydrogens is 310 g/mol. The third kappa shape index (κ3) is 4.49. The van der Waals surface area contributed by atoms with Crippen LogP contribution in [0.2, 0.25) is 0 Å². The van der Waals surface area contributed by atoms with Gasteiger partial charge < -0.3 is 9.47 Å². The van der Waals surface area contributed by atoms with Gasteiger partial charge in [-0.1, -0.05) is 0 Å². The Bertz CT molecular complexity index is 539. The summed E-state index contributed by atoms with van der Waals surface area (Å²) >= 11 is 4.18. The van der Waals surface area contributed by atoms with Crippen LogP contribution in [0.1, 0.15) is 36.2 Å². The SMILES string of the molecule is Cc1cc(C(=O)C(C)(C)N2CCOCC2)ccc1OCCCS. The Morgan fingerprint density at radius 2 is 2.04 bits per heavy atom. The van der Waals surface area contributed by atoms with E-state index in [2.05, 4.69) is 17.5 Å². The van der Waals surface area contributed by atoms with Crippen molar-refractivity contribution in [2.75, 3.05) is 38.7 Å². The first-order valence-electron chi connectivity index (χ1n) is 8.18. The number of benzene rings is 1. The molecule has 5 heteroatoms. The van der Waals surface area contributed by atoms with Crippen LogP contribution < -0.4 is 4.74 Å². The van der Waals surface area contributed by atoms with Crippen molar-refractivity contribution in [1.29, 1.82) is 0 Å². The minimum atomic E-state index is -0.523. The van der Waals surface area contributed by atoms with E-state index in [1.54, 1.807) is 0 Å². The molecule has 2 rings (SSSR count). The van der Waals surface area contributed by atoms with E-state index in [1.807, 2.05) is 39.0 Å². The number of rotatable bonds is 7. The van der Waals surface area contributed by atoms with Gasteiger partial charge >= 0.3 is 0 Å². The summed E-state index contributed by atoms with van der Waals surface area (Å²) < 4.78 is 11.1. The van der Waals surface area contributed by atoms with E-state index in [4.69, 9.17) is 9.47 Å². The lowest BCUT2D eigenvalue weighted by molar-refractivity contribution is -0.00430. The Morgan fingerprint density at radius 1 is 1.35 bits per heavy atom. The Kier molecular flexibility index (Phi) is 6.50. The third-order valence-corrected chi connectivity index (χ3v) is 4.67. The number of ether oxygens (including phenoxy) is 2. The number of aryl methyl sites for hydroxylation is 1. The van der Waals surface area contributed by atoms with Crippen molar-refractivity contribution in [2.24, 2.45) is 0 Å². The summed E-state index contributed by atoms with van der Waals surface area (Å²) in [4.78, 5) is 15.2. The maximum Gasteiger partial charge on any atom is 0.182 e. The summed E-state index contributed by atoms with van der Waals surface area (Å²) in [5.74, 6) is 1.79. The zero-order chi connectivity index (χ0) is 16.9. The van der Waals surface area contributed by atoms with E-state index in [1.165, 1.54) is 0 Å². The van der Waals surface area contributed by atoms with Gasteiger partial charge in [0, 0.05) is 18.7 Å². The van der Waals surface area contributed by atoms with Crippen molar-refractivity contribution in [2.45, 2.75) is 32.7 Å². The molecule has 23 heavy (non-hydrogen) atoms. The minimum Gasteiger partial charge on any atom is -0.493 e. The molecule has 1 aromatic carbocycles. The van der Waals surface area contributed by atoms with Crippen LogP contribution in [0.5, 0.6) is 5.75 Å². The van der Waals surface area contributed by atoms with Gasteiger partial charge in [-0.3, -0.25) is 9.69 Å². The van der Waals surface area contributed by atoms with E-state index in [0.29, 0.717) is 19.8 Å². The van der Waals surface area contributed by atoms with Gasteiger partial charge in [-0.05, 0) is 56.7 Å². The summed E-state index contributed by atoms with van der Waals surface area (Å²) in [7, 11) is 0. The lowest BCUT2D eigenvalue weighted by Gasteiger charge is -2.39. The highest BCUT2D eigenvalue weighted by molar-refractivity contribution is 7.80. The van der Waals surface area contributed by atoms with E-state index in [0.717, 1.165) is 42.1 Å². The molecule has 0 radical (unpaired) electrons. The van der Waals surface area contributed by atoms with Gasteiger partial charge in [0.15, 0.2) is 5.78 Å². The van der Waals surface area contributed by atoms with Gasteiger partial charge in [-0.25, -0.2) is 0 Å². The summed E-state index contributed by atoms with van der Waals surface area (Å²) in [6.07, 6.45) is 0.910. The molecule has 1 aromatic rings. The zero-order valence-corrected chi connectivity index (χ0v) is 15.2. The number of hydrogen-bond acceptors (Lipinski definition) is 5. The molecule has 128 valence electrons. The fraction of sp³-hybridized carbons (Fsp3) is 0.611. The number of Topliss-reactive ketones (excluding diaryl/α,β-unsaturated/α-hetero) is 1. The smallest absolute Gasteiger partial charge is 0.182 e. The second-order valence-electron chi connectivity index (χ2n) is 6.39. The van der Waals surface area contributed by atoms with Crippen molar-refractivity contribution in [1.82, 2.24) is 4.90 Å². The number of morpholine rings is 1. The van der Waals surface area contributed by atoms with E-state index in [-0.39, 0.29) is 5.78 Å². The fourth-order valence-electron chi connectivity index (χ4n) is 2.82. The van der Waals surface area contributed by atoms with Crippen LogP contribution in [0, 0.1) is 6.92 Å². The molecule has 1 aliphatic rings. The molecule has 0 atom stereocenters. The van der Waals surface area contributed by atoms with Gasteiger partial charge in [0.25, 0.3) is 0 Å². The normalized spacial score (nSPS) is 16.3. The first kappa shape index (κ1) is 18.3. The molecule has 1 aliphatic heterocycles. The number of nitrogens with zero attached hydrogens (tertiary/aromatic N) is 1. The van der Waals surface area contributed by atoms with Crippen LogP contribution in [-0.4, -0.2) is 54.9 Å². The van der Waals surface area contributed by atoms with Crippen LogP contribution in [-0.2, 0) is 4.74 Å². The Labute approximate surface area is 144 Å². The van der Waals surface area contributed by atoms with Crippen LogP contribution in [0.25, 0.3) is 0 Å². The van der Waals surface area contributed by atoms with E-state index >= 15 is 0 Å². The monoisotopic (exact) mass is 337 g/mol. The van der Waals surface area contributed by atoms with Crippen molar-refractivity contribution in [3.8, 4) is 5.75 Å². The Hall–Kier alpha value is -1.04. The highest BCUT2D eigenvalue weighted by Crippen LogP contribution is 2.25. The summed E-state index contributed by atoms with van der Waals surface area (Å²) in [5, 5.41) is 0. The number of thiol groups is 1. The molecule has 1 saturated heterocycles. The maximum absolute atomic E-state index is 13.0. The second kappa shape index (κ2) is 8.18. The third-order valence-electron chi connectivity index (χ3n) is 4.35. The molecule has 0 spiro atoms. The van der Waals surface area contributed by atoms with E-state index < -0.39 is 5.54 Å². The molecule has 0 aromatic heterocycles. The van der Waals surface area contributed by atoms with Crippen molar-refractivity contribution < 1.29 is 14.3 Å². The van der Waals surface area contributed by atoms with Crippen molar-refractivity contribution in [3.05, 3.63) is 29.3 Å². The number of ketones is 1. The molecule has 0 unspecified atom stereocenters. The lowest BCUT2D eigenvalue weighted by Crippen LogP contribution is -2.54. The maximum atomic E-state index is 13.0. The highest BCUT2D eigenvalue weighted by Gasteiger charge is 2.36. The highest BCUT2D eigenvalue weighted by atomic mass is 32.1. The number of carbonyl (C=O) groups excluding carboxylic acids is 1. The quantitative estimate of drug-likeness (QED) is 0.472. The van der Waals surface area contributed by atoms with Gasteiger partial charge in [-0.2, -0.15) is 12.6 Å². The Morgan fingerprint density at radius 3 is 2.65 bits per heavy atom. The number of hydrogen-bond donors (Lipinski definition) is 1. The van der Waals surface area contributed by atoms with Gasteiger partial charge in [0.2, 0.25) is 0 Å². The van der Waals surface area contributed by atoms with Crippen molar-refractivity contribution in [3.63, 3.8) is 0 Å². The summed E-state index contributed by atoms with van der Waals surface area (Å²) in [5.41, 5.74) is 1.21. The lowest BCUT2D eigenvalue weighted by atomic mass is 9.90. The molecule has 1 fully saturated rings. The van der Waals surface area contributed by atoms with E-state index in [9.17, 15) is 4.79 Å². The predicted molar refractivity (Wildman–Crippen MR) is 95.9 cm³/mol. The molecule has 0 saturated carbocycles. The summed E-state index contributed by atoms with van der Waals surface area (Å²) in [6.45, 7) is 9.58. The van der Waals surface area contributed by atoms with Crippen LogP contribution >= 0.6 is 12.6 Å². The van der Waals surface area contributed by atoms with Crippen LogP contribution in [0.3, 0.4) is 0 Å². The average Bonchev–Trinajstić information content (AvgIpc) is 2.56. The topological polar surface area (TPSA) is 38.8 Å². The molecule has 0 N–H and O–H groups in total. The van der Waals surface area contributed by atoms with Gasteiger partial charge in [-0.15, -0.1) is 0 Å². The summed E-state index contributed by atoms with van der Waals surface area (Å²) in [6, 6.07) is 5.70. The minimum absolute atomic E-state index is 0.143. The standard InChI is InChI=1S/C18H27NO3S/c1-14-13-15(5-6-16(14)22-9-4-12-23)17(20)18(2,3)19-7-10-21-11-8-19/h5-6,13,23H,4,7-12H2,1-3H3. The first-order valence-corrected chi connectivity index (χ1v) is 8.82. The van der Waals surface area contributed by atoms with Gasteiger partial charge in [0.05, 0.1) is 25.4 Å². The Balaban J connectivity index is 2.10. The predicted octanol–water partition coefficient (Wildman–Crippen LogP) is 2.99. The van der Waals surface area contributed by atoms with Crippen LogP contribution in [0.4, 0.5) is 0 Å². The molecule has 1 heterocycles.